The van der Waals surface area contributed by atoms with E-state index in [1.165, 1.54) is 0 Å². The van der Waals surface area contributed by atoms with E-state index in [2.05, 4.69) is 24.5 Å². The summed E-state index contributed by atoms with van der Waals surface area (Å²) in [6, 6.07) is 8.07. The van der Waals surface area contributed by atoms with Gasteiger partial charge in [-0.25, -0.2) is 0 Å². The highest BCUT2D eigenvalue weighted by atomic mass is 16.3. The van der Waals surface area contributed by atoms with Crippen molar-refractivity contribution in [2.24, 2.45) is 0 Å². The lowest BCUT2D eigenvalue weighted by Gasteiger charge is -2.27. The van der Waals surface area contributed by atoms with Gasteiger partial charge in [0.1, 0.15) is 0 Å². The van der Waals surface area contributed by atoms with Gasteiger partial charge in [0.25, 0.3) is 0 Å². The van der Waals surface area contributed by atoms with E-state index in [9.17, 15) is 5.11 Å². The highest BCUT2D eigenvalue weighted by molar-refractivity contribution is 5.55. The van der Waals surface area contributed by atoms with Crippen LogP contribution in [0.5, 0.6) is 0 Å². The van der Waals surface area contributed by atoms with Crippen LogP contribution in [0.1, 0.15) is 38.9 Å². The molecule has 0 fully saturated rings. The number of anilines is 1. The number of benzene rings is 1. The van der Waals surface area contributed by atoms with Crippen molar-refractivity contribution in [1.82, 2.24) is 0 Å². The molecule has 0 radical (unpaired) electrons. The largest absolute Gasteiger partial charge is 0.388 e. The lowest BCUT2D eigenvalue weighted by Crippen LogP contribution is -2.26. The second-order valence-electron chi connectivity index (χ2n) is 4.45. The Morgan fingerprint density at radius 3 is 2.53 bits per heavy atom. The summed E-state index contributed by atoms with van der Waals surface area (Å²) in [5.41, 5.74) is 3.26. The van der Waals surface area contributed by atoms with Crippen molar-refractivity contribution < 1.29 is 5.11 Å². The maximum absolute atomic E-state index is 10.0. The highest BCUT2D eigenvalue weighted by Gasteiger charge is 2.14. The summed E-state index contributed by atoms with van der Waals surface area (Å²) in [5.74, 6) is 0. The van der Waals surface area contributed by atoms with Crippen LogP contribution < -0.4 is 4.90 Å². The number of hydrogen-bond donors (Lipinski definition) is 1. The van der Waals surface area contributed by atoms with Crippen molar-refractivity contribution in [3.63, 3.8) is 0 Å². The van der Waals surface area contributed by atoms with Gasteiger partial charge >= 0.3 is 0 Å². The monoisotopic (exact) mass is 233 g/mol. The van der Waals surface area contributed by atoms with E-state index in [4.69, 9.17) is 0 Å². The summed E-state index contributed by atoms with van der Waals surface area (Å²) in [5, 5.41) is 10.0. The second-order valence-corrected chi connectivity index (χ2v) is 4.45. The van der Waals surface area contributed by atoms with Crippen LogP contribution >= 0.6 is 0 Å². The minimum absolute atomic E-state index is 0.384. The summed E-state index contributed by atoms with van der Waals surface area (Å²) in [4.78, 5) is 2.25. The number of nitrogens with zero attached hydrogens (tertiary/aromatic N) is 1. The van der Waals surface area contributed by atoms with Crippen molar-refractivity contribution in [1.29, 1.82) is 0 Å². The zero-order valence-electron chi connectivity index (χ0n) is 11.1. The summed E-state index contributed by atoms with van der Waals surface area (Å²) in [6.45, 7) is 11.9. The van der Waals surface area contributed by atoms with Gasteiger partial charge < -0.3 is 10.0 Å². The molecule has 1 atom stereocenters. The summed E-state index contributed by atoms with van der Waals surface area (Å²) < 4.78 is 0. The quantitative estimate of drug-likeness (QED) is 0.760. The van der Waals surface area contributed by atoms with Gasteiger partial charge in [0.05, 0.1) is 6.10 Å². The molecule has 0 spiro atoms. The first-order chi connectivity index (χ1) is 8.10. The Labute approximate surface area is 105 Å². The first kappa shape index (κ1) is 13.8. The van der Waals surface area contributed by atoms with Gasteiger partial charge in [-0.1, -0.05) is 37.3 Å². The summed E-state index contributed by atoms with van der Waals surface area (Å²) in [6.07, 6.45) is 0.354. The van der Waals surface area contributed by atoms with Gasteiger partial charge in [-0.3, -0.25) is 0 Å². The first-order valence-electron chi connectivity index (χ1n) is 6.26. The Kier molecular flexibility index (Phi) is 5.23. The number of aliphatic hydroxyl groups is 1. The third-order valence-electron chi connectivity index (χ3n) is 2.87. The van der Waals surface area contributed by atoms with Crippen LogP contribution in [0.25, 0.3) is 0 Å². The minimum Gasteiger partial charge on any atom is -0.388 e. The van der Waals surface area contributed by atoms with E-state index in [0.717, 1.165) is 36.3 Å². The molecular weight excluding hydrogens is 210 g/mol. The molecule has 2 nitrogen and oxygen atoms in total. The van der Waals surface area contributed by atoms with Crippen molar-refractivity contribution in [2.45, 2.75) is 33.3 Å². The molecule has 0 aromatic heterocycles. The predicted octanol–water partition coefficient (Wildman–Crippen LogP) is 3.53. The van der Waals surface area contributed by atoms with Gasteiger partial charge in [-0.05, 0) is 26.3 Å². The summed E-state index contributed by atoms with van der Waals surface area (Å²) in [7, 11) is 0. The number of rotatable bonds is 6. The zero-order chi connectivity index (χ0) is 12.8. The van der Waals surface area contributed by atoms with Crippen LogP contribution in [0.4, 0.5) is 5.69 Å². The average molecular weight is 233 g/mol. The molecule has 0 aliphatic heterocycles. The molecule has 1 aromatic carbocycles. The van der Waals surface area contributed by atoms with E-state index < -0.39 is 0 Å². The number of aliphatic hydroxyl groups excluding tert-OH is 1. The molecule has 17 heavy (non-hydrogen) atoms. The number of hydrogen-bond acceptors (Lipinski definition) is 2. The van der Waals surface area contributed by atoms with Gasteiger partial charge in [-0.15, -0.1) is 0 Å². The second kappa shape index (κ2) is 6.45. The van der Waals surface area contributed by atoms with Crippen molar-refractivity contribution in [2.75, 3.05) is 18.0 Å². The maximum Gasteiger partial charge on any atom is 0.0807 e. The number of likely N-dealkylation sites (N-methyl/N-ethyl adjacent to an activating group) is 1. The van der Waals surface area contributed by atoms with Gasteiger partial charge in [0.15, 0.2) is 0 Å². The molecular formula is C15H23NO. The van der Waals surface area contributed by atoms with E-state index in [0.29, 0.717) is 0 Å². The lowest BCUT2D eigenvalue weighted by atomic mass is 10.0. The molecule has 0 unspecified atom stereocenters. The van der Waals surface area contributed by atoms with Crippen LogP contribution in [-0.2, 0) is 0 Å². The van der Waals surface area contributed by atoms with Crippen LogP contribution in [0.2, 0.25) is 0 Å². The Balaban J connectivity index is 3.05. The molecule has 1 N–H and O–H groups in total. The van der Waals surface area contributed by atoms with Crippen LogP contribution in [-0.4, -0.2) is 18.2 Å². The van der Waals surface area contributed by atoms with Gasteiger partial charge in [0, 0.05) is 24.3 Å². The van der Waals surface area contributed by atoms with Crippen LogP contribution in [0.15, 0.2) is 36.4 Å². The number of para-hydroxylation sites is 1. The van der Waals surface area contributed by atoms with E-state index >= 15 is 0 Å². The van der Waals surface area contributed by atoms with Crippen molar-refractivity contribution in [3.8, 4) is 0 Å². The Morgan fingerprint density at radius 2 is 2.00 bits per heavy atom. The first-order valence-corrected chi connectivity index (χ1v) is 6.26. The smallest absolute Gasteiger partial charge is 0.0807 e. The molecule has 0 saturated heterocycles. The average Bonchev–Trinajstić information content (AvgIpc) is 2.34. The molecule has 0 aliphatic rings. The molecule has 2 heteroatoms. The third-order valence-corrected chi connectivity index (χ3v) is 2.87. The molecule has 0 amide bonds. The molecule has 0 bridgehead atoms. The Bertz CT molecular complexity index is 373. The highest BCUT2D eigenvalue weighted by Crippen LogP contribution is 2.28. The predicted molar refractivity (Wildman–Crippen MR) is 74.4 cm³/mol. The van der Waals surface area contributed by atoms with Crippen LogP contribution in [0.3, 0.4) is 0 Å². The van der Waals surface area contributed by atoms with Gasteiger partial charge in [0.2, 0.25) is 0 Å². The lowest BCUT2D eigenvalue weighted by molar-refractivity contribution is 0.174. The third kappa shape index (κ3) is 3.60. The topological polar surface area (TPSA) is 23.5 Å². The van der Waals surface area contributed by atoms with E-state index in [-0.39, 0.29) is 6.10 Å². The zero-order valence-corrected chi connectivity index (χ0v) is 11.1. The Morgan fingerprint density at radius 1 is 1.35 bits per heavy atom. The van der Waals surface area contributed by atoms with Gasteiger partial charge in [-0.2, -0.15) is 0 Å². The normalized spacial score (nSPS) is 12.2. The fourth-order valence-corrected chi connectivity index (χ4v) is 1.97. The maximum atomic E-state index is 10.0. The van der Waals surface area contributed by atoms with E-state index in [1.807, 2.05) is 32.0 Å². The van der Waals surface area contributed by atoms with E-state index in [1.54, 1.807) is 0 Å². The molecule has 94 valence electrons. The van der Waals surface area contributed by atoms with Crippen molar-refractivity contribution in [3.05, 3.63) is 42.0 Å². The fraction of sp³-hybridized carbons (Fsp3) is 0.467. The standard InChI is InChI=1S/C15H23NO/c1-5-15(17)13-9-7-8-10-14(13)16(6-2)11-12(3)4/h7-10,15,17H,3,5-6,11H2,1-2,4H3/t15-/m0/s1. The van der Waals surface area contributed by atoms with Crippen LogP contribution in [0, 0.1) is 0 Å². The minimum atomic E-state index is -0.384. The van der Waals surface area contributed by atoms with Crippen molar-refractivity contribution >= 4 is 5.69 Å². The molecule has 0 heterocycles. The molecule has 0 saturated carbocycles. The fourth-order valence-electron chi connectivity index (χ4n) is 1.97. The molecule has 1 rings (SSSR count). The molecule has 0 aliphatic carbocycles. The SMILES string of the molecule is C=C(C)CN(CC)c1ccccc1[C@@H](O)CC. The Hall–Kier alpha value is -1.28. The molecule has 1 aromatic rings. The summed E-state index contributed by atoms with van der Waals surface area (Å²) >= 11 is 0.